The van der Waals surface area contributed by atoms with Crippen molar-refractivity contribution >= 4 is 39.9 Å². The Hall–Kier alpha value is -3.59. The van der Waals surface area contributed by atoms with Gasteiger partial charge in [-0.05, 0) is 45.8 Å². The largest absolute Gasteiger partial charge is 0.298 e. The Balaban J connectivity index is 1.91. The predicted molar refractivity (Wildman–Crippen MR) is 102 cm³/mol. The molecular weight excluding hydrogens is 324 g/mol. The second kappa shape index (κ2) is 6.37. The molecule has 26 heavy (non-hydrogen) atoms. The van der Waals surface area contributed by atoms with Gasteiger partial charge in [0.15, 0.2) is 18.4 Å². The molecule has 0 fully saturated rings. The third-order valence-corrected chi connectivity index (χ3v) is 4.57. The van der Waals surface area contributed by atoms with Crippen molar-refractivity contribution < 1.29 is 14.4 Å². The van der Waals surface area contributed by atoms with E-state index >= 15 is 0 Å². The number of fused-ring (bicyclic) bond motifs is 2. The number of hydrogen-bond donors (Lipinski definition) is 0. The Bertz CT molecular complexity index is 1100. The molecule has 4 aromatic rings. The zero-order chi connectivity index (χ0) is 18.1. The average Bonchev–Trinajstić information content (AvgIpc) is 2.71. The van der Waals surface area contributed by atoms with Crippen LogP contribution in [0.25, 0.3) is 21.5 Å². The van der Waals surface area contributed by atoms with E-state index in [1.165, 1.54) is 0 Å². The average molecular weight is 338 g/mol. The Morgan fingerprint density at radius 2 is 1.04 bits per heavy atom. The van der Waals surface area contributed by atoms with Gasteiger partial charge < -0.3 is 0 Å². The minimum absolute atomic E-state index is 0.215. The third-order valence-electron chi connectivity index (χ3n) is 4.57. The molecule has 124 valence electrons. The number of aldehydes is 2. The summed E-state index contributed by atoms with van der Waals surface area (Å²) in [5, 5.41) is 3.28. The van der Waals surface area contributed by atoms with Crippen LogP contribution in [0.5, 0.6) is 0 Å². The lowest BCUT2D eigenvalue weighted by molar-refractivity contribution is 0.103. The molecular formula is C23H14O3. The van der Waals surface area contributed by atoms with E-state index in [1.54, 1.807) is 24.3 Å². The molecule has 0 N–H and O–H groups in total. The molecule has 4 rings (SSSR count). The van der Waals surface area contributed by atoms with Crippen LogP contribution in [0.1, 0.15) is 36.6 Å². The SMILES string of the molecule is O=Cc1cc(C(=O)c2cc(C=O)c3ccccc3c2)cc2ccccc12. The van der Waals surface area contributed by atoms with E-state index in [0.29, 0.717) is 22.3 Å². The van der Waals surface area contributed by atoms with Gasteiger partial charge in [-0.15, -0.1) is 0 Å². The van der Waals surface area contributed by atoms with Crippen LogP contribution < -0.4 is 0 Å². The lowest BCUT2D eigenvalue weighted by Crippen LogP contribution is -2.04. The van der Waals surface area contributed by atoms with Gasteiger partial charge in [0.25, 0.3) is 0 Å². The fourth-order valence-electron chi connectivity index (χ4n) is 3.30. The van der Waals surface area contributed by atoms with Gasteiger partial charge in [-0.1, -0.05) is 48.5 Å². The number of hydrogen-bond acceptors (Lipinski definition) is 3. The van der Waals surface area contributed by atoms with Crippen molar-refractivity contribution in [2.45, 2.75) is 0 Å². The van der Waals surface area contributed by atoms with E-state index in [-0.39, 0.29) is 5.78 Å². The van der Waals surface area contributed by atoms with Crippen molar-refractivity contribution in [3.63, 3.8) is 0 Å². The van der Waals surface area contributed by atoms with E-state index in [2.05, 4.69) is 0 Å². The zero-order valence-electron chi connectivity index (χ0n) is 13.8. The first-order valence-electron chi connectivity index (χ1n) is 8.22. The molecule has 0 unspecified atom stereocenters. The van der Waals surface area contributed by atoms with Crippen molar-refractivity contribution in [3.05, 3.63) is 95.1 Å². The van der Waals surface area contributed by atoms with E-state index < -0.39 is 0 Å². The molecule has 0 bridgehead atoms. The first-order valence-corrected chi connectivity index (χ1v) is 8.22. The van der Waals surface area contributed by atoms with Crippen LogP contribution in [-0.4, -0.2) is 18.4 Å². The minimum Gasteiger partial charge on any atom is -0.298 e. The van der Waals surface area contributed by atoms with E-state index in [9.17, 15) is 14.4 Å². The maximum Gasteiger partial charge on any atom is 0.193 e. The predicted octanol–water partition coefficient (Wildman–Crippen LogP) is 4.85. The van der Waals surface area contributed by atoms with Gasteiger partial charge in [0.05, 0.1) is 0 Å². The fraction of sp³-hybridized carbons (Fsp3) is 0. The van der Waals surface area contributed by atoms with Crippen LogP contribution in [0.2, 0.25) is 0 Å². The number of rotatable bonds is 4. The highest BCUT2D eigenvalue weighted by Gasteiger charge is 2.14. The molecule has 0 aromatic heterocycles. The second-order valence-corrected chi connectivity index (χ2v) is 6.14. The van der Waals surface area contributed by atoms with Gasteiger partial charge in [-0.3, -0.25) is 14.4 Å². The van der Waals surface area contributed by atoms with Gasteiger partial charge in [-0.2, -0.15) is 0 Å². The summed E-state index contributed by atoms with van der Waals surface area (Å²) in [6.45, 7) is 0. The van der Waals surface area contributed by atoms with Crippen molar-refractivity contribution in [2.24, 2.45) is 0 Å². The Labute approximate surface area is 149 Å². The molecule has 0 spiro atoms. The molecule has 0 saturated heterocycles. The maximum absolute atomic E-state index is 13.0. The van der Waals surface area contributed by atoms with Gasteiger partial charge in [0.1, 0.15) is 0 Å². The van der Waals surface area contributed by atoms with Crippen LogP contribution in [0.15, 0.2) is 72.8 Å². The summed E-state index contributed by atoms with van der Waals surface area (Å²) in [5.74, 6) is -0.215. The smallest absolute Gasteiger partial charge is 0.193 e. The Kier molecular flexibility index (Phi) is 3.90. The molecule has 4 aromatic carbocycles. The standard InChI is InChI=1S/C23H14O3/c24-13-19-11-17(9-15-5-1-3-7-21(15)19)23(26)18-10-16-6-2-4-8-22(16)20(12-18)14-25/h1-14H. The van der Waals surface area contributed by atoms with E-state index in [0.717, 1.165) is 34.1 Å². The van der Waals surface area contributed by atoms with Crippen LogP contribution >= 0.6 is 0 Å². The Morgan fingerprint density at radius 3 is 1.46 bits per heavy atom. The van der Waals surface area contributed by atoms with Gasteiger partial charge in [0, 0.05) is 22.3 Å². The lowest BCUT2D eigenvalue weighted by atomic mass is 9.94. The summed E-state index contributed by atoms with van der Waals surface area (Å²) < 4.78 is 0. The van der Waals surface area contributed by atoms with Gasteiger partial charge in [-0.25, -0.2) is 0 Å². The number of carbonyl (C=O) groups is 3. The summed E-state index contributed by atoms with van der Waals surface area (Å²) in [5.41, 5.74) is 1.81. The summed E-state index contributed by atoms with van der Waals surface area (Å²) in [6, 6.07) is 21.7. The molecule has 0 radical (unpaired) electrons. The molecule has 3 nitrogen and oxygen atoms in total. The summed E-state index contributed by atoms with van der Waals surface area (Å²) in [7, 11) is 0. The van der Waals surface area contributed by atoms with Crippen molar-refractivity contribution in [2.75, 3.05) is 0 Å². The second-order valence-electron chi connectivity index (χ2n) is 6.14. The molecule has 0 aliphatic rings. The van der Waals surface area contributed by atoms with Gasteiger partial charge >= 0.3 is 0 Å². The first kappa shape index (κ1) is 15.9. The third kappa shape index (κ3) is 2.60. The fourth-order valence-corrected chi connectivity index (χ4v) is 3.30. The summed E-state index contributed by atoms with van der Waals surface area (Å²) in [6.07, 6.45) is 1.52. The number of benzene rings is 4. The normalized spacial score (nSPS) is 10.8. The highest BCUT2D eigenvalue weighted by atomic mass is 16.1. The number of carbonyl (C=O) groups excluding carboxylic acids is 3. The van der Waals surface area contributed by atoms with Crippen LogP contribution in [0.3, 0.4) is 0 Å². The van der Waals surface area contributed by atoms with Crippen molar-refractivity contribution in [1.29, 1.82) is 0 Å². The van der Waals surface area contributed by atoms with Crippen LogP contribution in [-0.2, 0) is 0 Å². The van der Waals surface area contributed by atoms with Crippen molar-refractivity contribution in [1.82, 2.24) is 0 Å². The van der Waals surface area contributed by atoms with Crippen LogP contribution in [0, 0.1) is 0 Å². The summed E-state index contributed by atoms with van der Waals surface area (Å²) in [4.78, 5) is 35.9. The topological polar surface area (TPSA) is 51.2 Å². The Morgan fingerprint density at radius 1 is 0.615 bits per heavy atom. The first-order chi connectivity index (χ1) is 12.7. The highest BCUT2D eigenvalue weighted by molar-refractivity contribution is 6.15. The zero-order valence-corrected chi connectivity index (χ0v) is 13.8. The van der Waals surface area contributed by atoms with Crippen LogP contribution in [0.4, 0.5) is 0 Å². The molecule has 0 heterocycles. The molecule has 0 aliphatic heterocycles. The monoisotopic (exact) mass is 338 g/mol. The van der Waals surface area contributed by atoms with E-state index in [4.69, 9.17) is 0 Å². The highest BCUT2D eigenvalue weighted by Crippen LogP contribution is 2.25. The molecule has 0 atom stereocenters. The number of ketones is 1. The molecule has 0 amide bonds. The van der Waals surface area contributed by atoms with Crippen molar-refractivity contribution in [3.8, 4) is 0 Å². The maximum atomic E-state index is 13.0. The van der Waals surface area contributed by atoms with Gasteiger partial charge in [0.2, 0.25) is 0 Å². The molecule has 0 aliphatic carbocycles. The van der Waals surface area contributed by atoms with E-state index in [1.807, 2.05) is 48.5 Å². The molecule has 0 saturated carbocycles. The minimum atomic E-state index is -0.215. The lowest BCUT2D eigenvalue weighted by Gasteiger charge is -2.08. The molecule has 3 heteroatoms. The summed E-state index contributed by atoms with van der Waals surface area (Å²) >= 11 is 0. The quantitative estimate of drug-likeness (QED) is 0.395.